The van der Waals surface area contributed by atoms with Crippen LogP contribution in [0, 0.1) is 0 Å². The van der Waals surface area contributed by atoms with Gasteiger partial charge in [0.15, 0.2) is 6.10 Å². The van der Waals surface area contributed by atoms with Crippen LogP contribution in [0.1, 0.15) is 19.8 Å². The van der Waals surface area contributed by atoms with Crippen molar-refractivity contribution in [2.45, 2.75) is 31.9 Å². The van der Waals surface area contributed by atoms with Crippen LogP contribution in [-0.4, -0.2) is 43.1 Å². The predicted octanol–water partition coefficient (Wildman–Crippen LogP) is 3.33. The highest BCUT2D eigenvalue weighted by molar-refractivity contribution is 5.81. The summed E-state index contributed by atoms with van der Waals surface area (Å²) >= 11 is 0. The number of hydrogen-bond acceptors (Lipinski definition) is 3. The number of piperidine rings is 1. The number of hydrogen-bond donors (Lipinski definition) is 1. The molecule has 1 heterocycles. The normalized spacial score (nSPS) is 16.2. The molecule has 4 heteroatoms. The Morgan fingerprint density at radius 2 is 1.64 bits per heavy atom. The lowest BCUT2D eigenvalue weighted by atomic mass is 10.0. The van der Waals surface area contributed by atoms with Crippen LogP contribution in [0.4, 0.5) is 0 Å². The average molecular weight is 338 g/mol. The second-order valence-corrected chi connectivity index (χ2v) is 6.58. The number of nitrogens with zero attached hydrogens (tertiary/aromatic N) is 1. The van der Waals surface area contributed by atoms with E-state index < -0.39 is 6.10 Å². The van der Waals surface area contributed by atoms with Crippen LogP contribution in [0.2, 0.25) is 0 Å². The molecule has 1 atom stereocenters. The summed E-state index contributed by atoms with van der Waals surface area (Å²) in [6, 6.07) is 18.4. The predicted molar refractivity (Wildman–Crippen MR) is 101 cm³/mol. The van der Waals surface area contributed by atoms with E-state index in [0.717, 1.165) is 37.2 Å². The van der Waals surface area contributed by atoms with E-state index in [1.54, 1.807) is 0 Å². The smallest absolute Gasteiger partial charge is 0.263 e. The Kier molecular flexibility index (Phi) is 5.71. The van der Waals surface area contributed by atoms with E-state index in [2.05, 4.69) is 17.4 Å². The lowest BCUT2D eigenvalue weighted by Gasteiger charge is -2.33. The molecular weight excluding hydrogens is 312 g/mol. The maximum Gasteiger partial charge on any atom is 0.263 e. The maximum absolute atomic E-state index is 12.6. The van der Waals surface area contributed by atoms with Crippen molar-refractivity contribution < 1.29 is 9.53 Å². The van der Waals surface area contributed by atoms with Crippen LogP contribution in [0.25, 0.3) is 11.1 Å². The Morgan fingerprint density at radius 1 is 1.04 bits per heavy atom. The first-order valence-corrected chi connectivity index (χ1v) is 8.94. The molecule has 3 rings (SSSR count). The molecule has 1 aliphatic rings. The van der Waals surface area contributed by atoms with Gasteiger partial charge in [0, 0.05) is 13.1 Å². The van der Waals surface area contributed by atoms with E-state index in [1.165, 1.54) is 5.56 Å². The maximum atomic E-state index is 12.6. The monoisotopic (exact) mass is 338 g/mol. The third kappa shape index (κ3) is 4.40. The molecule has 0 radical (unpaired) electrons. The van der Waals surface area contributed by atoms with E-state index in [9.17, 15) is 4.79 Å². The Hall–Kier alpha value is -2.33. The van der Waals surface area contributed by atoms with Gasteiger partial charge < -0.3 is 15.0 Å². The fraction of sp³-hybridized carbons (Fsp3) is 0.381. The SMILES string of the molecule is CC(Oc1ccc(-c2ccccc2)cc1)C(=O)N(C)C1CCNCC1. The summed E-state index contributed by atoms with van der Waals surface area (Å²) < 4.78 is 5.87. The largest absolute Gasteiger partial charge is 0.481 e. The van der Waals surface area contributed by atoms with Crippen LogP contribution in [0.15, 0.2) is 54.6 Å². The zero-order valence-corrected chi connectivity index (χ0v) is 14.9. The molecule has 1 aliphatic heterocycles. The molecule has 4 nitrogen and oxygen atoms in total. The molecular formula is C21H26N2O2. The van der Waals surface area contributed by atoms with Gasteiger partial charge in [0.25, 0.3) is 5.91 Å². The number of carbonyl (C=O) groups excluding carboxylic acids is 1. The van der Waals surface area contributed by atoms with Gasteiger partial charge in [-0.15, -0.1) is 0 Å². The van der Waals surface area contributed by atoms with Crippen LogP contribution < -0.4 is 10.1 Å². The molecule has 25 heavy (non-hydrogen) atoms. The van der Waals surface area contributed by atoms with Crippen molar-refractivity contribution in [2.75, 3.05) is 20.1 Å². The molecule has 0 spiro atoms. The highest BCUT2D eigenvalue weighted by atomic mass is 16.5. The van der Waals surface area contributed by atoms with E-state index in [-0.39, 0.29) is 5.91 Å². The molecule has 132 valence electrons. The molecule has 1 fully saturated rings. The van der Waals surface area contributed by atoms with Gasteiger partial charge in [0.1, 0.15) is 5.75 Å². The number of carbonyl (C=O) groups is 1. The summed E-state index contributed by atoms with van der Waals surface area (Å²) in [5.41, 5.74) is 2.31. The Balaban J connectivity index is 1.60. The molecule has 0 bridgehead atoms. The van der Waals surface area contributed by atoms with Crippen molar-refractivity contribution in [3.63, 3.8) is 0 Å². The second kappa shape index (κ2) is 8.17. The van der Waals surface area contributed by atoms with E-state index >= 15 is 0 Å². The third-order valence-corrected chi connectivity index (χ3v) is 4.83. The van der Waals surface area contributed by atoms with Gasteiger partial charge in [-0.05, 0) is 56.1 Å². The van der Waals surface area contributed by atoms with Crippen molar-refractivity contribution in [1.82, 2.24) is 10.2 Å². The second-order valence-electron chi connectivity index (χ2n) is 6.58. The lowest BCUT2D eigenvalue weighted by molar-refractivity contribution is -0.139. The molecule has 1 N–H and O–H groups in total. The number of nitrogens with one attached hydrogen (secondary N) is 1. The molecule has 0 aliphatic carbocycles. The summed E-state index contributed by atoms with van der Waals surface area (Å²) in [4.78, 5) is 14.5. The number of likely N-dealkylation sites (N-methyl/N-ethyl adjacent to an activating group) is 1. The van der Waals surface area contributed by atoms with Crippen molar-refractivity contribution in [3.05, 3.63) is 54.6 Å². The molecule has 1 saturated heterocycles. The first-order valence-electron chi connectivity index (χ1n) is 8.94. The van der Waals surface area contributed by atoms with Gasteiger partial charge in [-0.2, -0.15) is 0 Å². The minimum atomic E-state index is -0.484. The zero-order chi connectivity index (χ0) is 17.6. The Labute approximate surface area is 149 Å². The summed E-state index contributed by atoms with van der Waals surface area (Å²) in [6.45, 7) is 3.77. The van der Waals surface area contributed by atoms with Crippen molar-refractivity contribution in [1.29, 1.82) is 0 Å². The summed E-state index contributed by atoms with van der Waals surface area (Å²) in [6.07, 6.45) is 1.52. The Bertz CT molecular complexity index is 679. The topological polar surface area (TPSA) is 41.6 Å². The van der Waals surface area contributed by atoms with Crippen LogP contribution in [-0.2, 0) is 4.79 Å². The Morgan fingerprint density at radius 3 is 2.28 bits per heavy atom. The fourth-order valence-corrected chi connectivity index (χ4v) is 3.27. The van der Waals surface area contributed by atoms with Crippen molar-refractivity contribution in [3.8, 4) is 16.9 Å². The standard InChI is InChI=1S/C21H26N2O2/c1-16(21(24)23(2)19-12-14-22-15-13-19)25-20-10-8-18(9-11-20)17-6-4-3-5-7-17/h3-11,16,19,22H,12-15H2,1-2H3. The van der Waals surface area contributed by atoms with Gasteiger partial charge in [0.05, 0.1) is 0 Å². The van der Waals surface area contributed by atoms with Crippen molar-refractivity contribution in [2.24, 2.45) is 0 Å². The van der Waals surface area contributed by atoms with Gasteiger partial charge in [-0.3, -0.25) is 4.79 Å². The lowest BCUT2D eigenvalue weighted by Crippen LogP contribution is -2.48. The molecule has 1 unspecified atom stereocenters. The van der Waals surface area contributed by atoms with Crippen LogP contribution in [0.3, 0.4) is 0 Å². The zero-order valence-electron chi connectivity index (χ0n) is 14.9. The minimum Gasteiger partial charge on any atom is -0.481 e. The molecule has 0 saturated carbocycles. The summed E-state index contributed by atoms with van der Waals surface area (Å²) in [5.74, 6) is 0.762. The summed E-state index contributed by atoms with van der Waals surface area (Å²) in [5, 5.41) is 3.33. The van der Waals surface area contributed by atoms with Crippen LogP contribution >= 0.6 is 0 Å². The van der Waals surface area contributed by atoms with E-state index in [0.29, 0.717) is 6.04 Å². The van der Waals surface area contributed by atoms with Crippen molar-refractivity contribution >= 4 is 5.91 Å². The summed E-state index contributed by atoms with van der Waals surface area (Å²) in [7, 11) is 1.89. The number of benzene rings is 2. The van der Waals surface area contributed by atoms with Gasteiger partial charge >= 0.3 is 0 Å². The van der Waals surface area contributed by atoms with E-state index in [1.807, 2.05) is 61.3 Å². The fourth-order valence-electron chi connectivity index (χ4n) is 3.27. The average Bonchev–Trinajstić information content (AvgIpc) is 2.68. The quantitative estimate of drug-likeness (QED) is 0.909. The van der Waals surface area contributed by atoms with E-state index in [4.69, 9.17) is 4.74 Å². The first-order chi connectivity index (χ1) is 12.1. The highest BCUT2D eigenvalue weighted by Crippen LogP contribution is 2.23. The van der Waals surface area contributed by atoms with Crippen LogP contribution in [0.5, 0.6) is 5.75 Å². The molecule has 1 amide bonds. The third-order valence-electron chi connectivity index (χ3n) is 4.83. The molecule has 0 aromatic heterocycles. The number of amides is 1. The molecule has 2 aromatic rings. The minimum absolute atomic E-state index is 0.0408. The number of ether oxygens (including phenoxy) is 1. The van der Waals surface area contributed by atoms with Gasteiger partial charge in [0.2, 0.25) is 0 Å². The number of rotatable bonds is 5. The van der Waals surface area contributed by atoms with Gasteiger partial charge in [-0.1, -0.05) is 42.5 Å². The highest BCUT2D eigenvalue weighted by Gasteiger charge is 2.26. The first kappa shape index (κ1) is 17.5. The van der Waals surface area contributed by atoms with Gasteiger partial charge in [-0.25, -0.2) is 0 Å². The molecule has 2 aromatic carbocycles.